The van der Waals surface area contributed by atoms with Gasteiger partial charge in [0.05, 0.1) is 16.9 Å². The van der Waals surface area contributed by atoms with E-state index in [2.05, 4.69) is 76.0 Å². The molecule has 1 saturated carbocycles. The molecular formula is C37H45ClF3N7O. The Bertz CT molecular complexity index is 1910. The van der Waals surface area contributed by atoms with Crippen LogP contribution in [0.2, 0.25) is 0 Å². The first-order chi connectivity index (χ1) is 23.3. The molecule has 4 heterocycles. The Hall–Kier alpha value is -4.32. The molecule has 0 spiro atoms. The number of carbonyl (C=O) groups is 1. The minimum Gasteiger partial charge on any atom is -0.343 e. The summed E-state index contributed by atoms with van der Waals surface area (Å²) in [6, 6.07) is 8.76. The number of benzene rings is 1. The van der Waals surface area contributed by atoms with Crippen molar-refractivity contribution >= 4 is 39.5 Å². The van der Waals surface area contributed by atoms with Gasteiger partial charge in [0.25, 0.3) is 0 Å². The lowest BCUT2D eigenvalue weighted by molar-refractivity contribution is -0.141. The van der Waals surface area contributed by atoms with Crippen molar-refractivity contribution in [3.63, 3.8) is 0 Å². The summed E-state index contributed by atoms with van der Waals surface area (Å²) < 4.78 is 42.3. The Balaban J connectivity index is 0.000000238. The predicted molar refractivity (Wildman–Crippen MR) is 194 cm³/mol. The molecule has 5 aromatic rings. The Morgan fingerprint density at radius 1 is 1.10 bits per heavy atom. The zero-order valence-electron chi connectivity index (χ0n) is 28.9. The van der Waals surface area contributed by atoms with E-state index in [1.54, 1.807) is 0 Å². The van der Waals surface area contributed by atoms with Gasteiger partial charge in [-0.3, -0.25) is 0 Å². The first-order valence-electron chi connectivity index (χ1n) is 15.9. The summed E-state index contributed by atoms with van der Waals surface area (Å²) in [7, 11) is 3.37. The Labute approximate surface area is 290 Å². The van der Waals surface area contributed by atoms with Crippen molar-refractivity contribution in [3.8, 4) is 11.1 Å². The smallest absolute Gasteiger partial charge is 0.343 e. The summed E-state index contributed by atoms with van der Waals surface area (Å²) in [4.78, 5) is 17.1. The number of nitrogens with one attached hydrogen (secondary N) is 1. The quantitative estimate of drug-likeness (QED) is 0.126. The van der Waals surface area contributed by atoms with Crippen molar-refractivity contribution in [1.82, 2.24) is 29.5 Å². The van der Waals surface area contributed by atoms with Crippen LogP contribution < -0.4 is 11.1 Å². The van der Waals surface area contributed by atoms with E-state index in [-0.39, 0.29) is 5.03 Å². The highest BCUT2D eigenvalue weighted by Gasteiger charge is 2.38. The summed E-state index contributed by atoms with van der Waals surface area (Å²) >= 11 is 5.85. The van der Waals surface area contributed by atoms with Gasteiger partial charge in [0.15, 0.2) is 5.65 Å². The first-order valence-corrected chi connectivity index (χ1v) is 16.3. The zero-order chi connectivity index (χ0) is 36.5. The fraction of sp³-hybridized carbons (Fsp3) is 0.351. The lowest BCUT2D eigenvalue weighted by Crippen LogP contribution is -2.13. The van der Waals surface area contributed by atoms with Crippen molar-refractivity contribution in [2.24, 2.45) is 17.6 Å². The average molecular weight is 696 g/mol. The van der Waals surface area contributed by atoms with Crippen molar-refractivity contribution in [3.05, 3.63) is 102 Å². The number of pyridine rings is 1. The van der Waals surface area contributed by atoms with Crippen molar-refractivity contribution < 1.29 is 18.0 Å². The van der Waals surface area contributed by atoms with E-state index < -0.39 is 11.9 Å². The lowest BCUT2D eigenvalue weighted by atomic mass is 10.0. The van der Waals surface area contributed by atoms with Crippen LogP contribution >= 0.6 is 11.6 Å². The van der Waals surface area contributed by atoms with E-state index in [9.17, 15) is 13.2 Å². The standard InChI is InChI=1S/C20H20N4.C14H16ClF3N2.C2H4O.CH5N/c1-5-6-23-11-14(3)18-9-16(7-13(2)20(18)23)17-10-21-19-8-15(4)22-24(19)12-17;1-8(15)11-3-4-13(14(16,17)18)20-12(11)6-9-5-10(9)7-19-2;1-2-3;1-2/h5,7-12H,1,6H2,2-4H3;3-4,9-10,19H,1,5-7H2,2H3;2H,1H3;2H2,1H3. The fourth-order valence-electron chi connectivity index (χ4n) is 5.81. The average Bonchev–Trinajstić information content (AvgIpc) is 3.53. The maximum atomic E-state index is 12.7. The summed E-state index contributed by atoms with van der Waals surface area (Å²) in [5, 5.41) is 9.05. The van der Waals surface area contributed by atoms with Crippen LogP contribution in [0.3, 0.4) is 0 Å². The van der Waals surface area contributed by atoms with Crippen LogP contribution in [0.25, 0.3) is 32.7 Å². The van der Waals surface area contributed by atoms with Crippen molar-refractivity contribution in [2.75, 3.05) is 20.6 Å². The normalized spacial score (nSPS) is 14.9. The van der Waals surface area contributed by atoms with Gasteiger partial charge in [0, 0.05) is 52.7 Å². The van der Waals surface area contributed by atoms with Crippen LogP contribution in [0.1, 0.15) is 47.1 Å². The number of rotatable bonds is 8. The molecular weight excluding hydrogens is 651 g/mol. The largest absolute Gasteiger partial charge is 0.433 e. The molecule has 3 N–H and O–H groups in total. The maximum absolute atomic E-state index is 12.7. The molecule has 262 valence electrons. The third-order valence-corrected chi connectivity index (χ3v) is 8.21. The molecule has 4 aromatic heterocycles. The van der Waals surface area contributed by atoms with Gasteiger partial charge < -0.3 is 20.4 Å². The number of fused-ring (bicyclic) bond motifs is 2. The van der Waals surface area contributed by atoms with Gasteiger partial charge in [-0.15, -0.1) is 6.58 Å². The number of halogens is 4. The van der Waals surface area contributed by atoms with Crippen LogP contribution in [0, 0.1) is 32.6 Å². The van der Waals surface area contributed by atoms with E-state index >= 15 is 0 Å². The Morgan fingerprint density at radius 3 is 2.41 bits per heavy atom. The summed E-state index contributed by atoms with van der Waals surface area (Å²) in [5.74, 6) is 0.876. The molecule has 49 heavy (non-hydrogen) atoms. The second-order valence-electron chi connectivity index (χ2n) is 11.7. The molecule has 6 rings (SSSR count). The molecule has 0 saturated heterocycles. The number of hydrogen-bond acceptors (Lipinski definition) is 6. The lowest BCUT2D eigenvalue weighted by Gasteiger charge is -2.12. The van der Waals surface area contributed by atoms with Gasteiger partial charge in [-0.2, -0.15) is 18.3 Å². The van der Waals surface area contributed by atoms with Crippen LogP contribution in [0.5, 0.6) is 0 Å². The topological polar surface area (TPSA) is 103 Å². The SMILES string of the molecule is C=C(Cl)c1ccc(C(F)(F)F)nc1CC1CC1CNC.C=CCn1cc(C)c2cc(-c3cnc4cc(C)nn4c3)cc(C)c21.CC=O.CN. The molecule has 1 fully saturated rings. The highest BCUT2D eigenvalue weighted by Crippen LogP contribution is 2.42. The van der Waals surface area contributed by atoms with Crippen LogP contribution in [0.15, 0.2) is 68.2 Å². The minimum absolute atomic E-state index is 0.229. The van der Waals surface area contributed by atoms with Gasteiger partial charge in [0.1, 0.15) is 12.0 Å². The highest BCUT2D eigenvalue weighted by molar-refractivity contribution is 6.48. The third-order valence-electron chi connectivity index (χ3n) is 8.00. The zero-order valence-corrected chi connectivity index (χ0v) is 29.7. The number of aromatic nitrogens is 5. The summed E-state index contributed by atoms with van der Waals surface area (Å²) in [5.41, 5.74) is 12.4. The molecule has 2 atom stereocenters. The van der Waals surface area contributed by atoms with Crippen LogP contribution in [-0.2, 0) is 23.9 Å². The van der Waals surface area contributed by atoms with E-state index in [1.807, 2.05) is 43.0 Å². The summed E-state index contributed by atoms with van der Waals surface area (Å²) in [6.07, 6.45) is 5.93. The molecule has 0 radical (unpaired) electrons. The molecule has 1 aliphatic carbocycles. The van der Waals surface area contributed by atoms with Crippen molar-refractivity contribution in [1.29, 1.82) is 0 Å². The number of nitrogens with zero attached hydrogens (tertiary/aromatic N) is 5. The molecule has 8 nitrogen and oxygen atoms in total. The monoisotopic (exact) mass is 695 g/mol. The second kappa shape index (κ2) is 17.4. The Morgan fingerprint density at radius 2 is 1.80 bits per heavy atom. The number of hydrogen-bond donors (Lipinski definition) is 2. The maximum Gasteiger partial charge on any atom is 0.433 e. The summed E-state index contributed by atoms with van der Waals surface area (Å²) in [6.45, 7) is 16.9. The molecule has 1 aliphatic rings. The third kappa shape index (κ3) is 9.87. The first kappa shape index (κ1) is 39.1. The Kier molecular flexibility index (Phi) is 13.9. The molecule has 1 aromatic carbocycles. The molecule has 12 heteroatoms. The van der Waals surface area contributed by atoms with E-state index in [0.29, 0.717) is 29.5 Å². The molecule has 0 bridgehead atoms. The van der Waals surface area contributed by atoms with E-state index in [0.717, 1.165) is 48.8 Å². The second-order valence-corrected chi connectivity index (χ2v) is 12.2. The van der Waals surface area contributed by atoms with Gasteiger partial charge in [0.2, 0.25) is 0 Å². The van der Waals surface area contributed by atoms with Gasteiger partial charge in [-0.25, -0.2) is 14.5 Å². The molecule has 0 aliphatic heterocycles. The molecule has 2 unspecified atom stereocenters. The van der Waals surface area contributed by atoms with E-state index in [1.165, 1.54) is 47.6 Å². The van der Waals surface area contributed by atoms with E-state index in [4.69, 9.17) is 16.4 Å². The van der Waals surface area contributed by atoms with Crippen LogP contribution in [0.4, 0.5) is 13.2 Å². The number of alkyl halides is 3. The number of carbonyl (C=O) groups excluding carboxylic acids is 1. The van der Waals surface area contributed by atoms with Gasteiger partial charge in [-0.05, 0) is 114 Å². The number of aldehydes is 1. The minimum atomic E-state index is -4.44. The number of aryl methyl sites for hydroxylation is 3. The van der Waals surface area contributed by atoms with Crippen molar-refractivity contribution in [2.45, 2.75) is 53.3 Å². The highest BCUT2D eigenvalue weighted by atomic mass is 35.5. The predicted octanol–water partition coefficient (Wildman–Crippen LogP) is 7.95. The number of nitrogens with two attached hydrogens (primary N) is 1. The fourth-order valence-corrected chi connectivity index (χ4v) is 5.98. The molecule has 0 amide bonds. The van der Waals surface area contributed by atoms with Gasteiger partial charge >= 0.3 is 6.18 Å². The van der Waals surface area contributed by atoms with Crippen LogP contribution in [-0.4, -0.2) is 51.1 Å². The number of allylic oxidation sites excluding steroid dienone is 1. The van der Waals surface area contributed by atoms with Gasteiger partial charge in [-0.1, -0.05) is 24.3 Å².